The molecule has 0 saturated heterocycles. The van der Waals surface area contributed by atoms with Crippen LogP contribution >= 0.6 is 0 Å². The Hall–Kier alpha value is -3.19. The van der Waals surface area contributed by atoms with Crippen molar-refractivity contribution in [3.8, 4) is 11.7 Å². The van der Waals surface area contributed by atoms with E-state index in [1.165, 1.54) is 5.56 Å². The third-order valence-corrected chi connectivity index (χ3v) is 5.33. The number of hydrogen-bond acceptors (Lipinski definition) is 7. The number of furan rings is 1. The van der Waals surface area contributed by atoms with E-state index in [0.29, 0.717) is 42.1 Å². The predicted octanol–water partition coefficient (Wildman–Crippen LogP) is 5.28. The van der Waals surface area contributed by atoms with E-state index in [0.717, 1.165) is 29.5 Å². The molecule has 0 bridgehead atoms. The second-order valence-corrected chi connectivity index (χ2v) is 8.14. The summed E-state index contributed by atoms with van der Waals surface area (Å²) in [4.78, 5) is 14.4. The van der Waals surface area contributed by atoms with Crippen LogP contribution in [0.2, 0.25) is 0 Å². The van der Waals surface area contributed by atoms with Crippen molar-refractivity contribution >= 4 is 11.0 Å². The summed E-state index contributed by atoms with van der Waals surface area (Å²) in [6, 6.07) is 9.27. The largest absolute Gasteiger partial charge is 0.459 e. The van der Waals surface area contributed by atoms with Crippen LogP contribution in [-0.4, -0.2) is 21.6 Å². The Morgan fingerprint density at radius 3 is 2.65 bits per heavy atom. The van der Waals surface area contributed by atoms with E-state index in [-0.39, 0.29) is 5.63 Å². The van der Waals surface area contributed by atoms with Gasteiger partial charge in [-0.1, -0.05) is 20.8 Å². The van der Waals surface area contributed by atoms with Gasteiger partial charge >= 0.3 is 5.63 Å². The highest BCUT2D eigenvalue weighted by Gasteiger charge is 2.17. The lowest BCUT2D eigenvalue weighted by atomic mass is 9.95. The first-order chi connectivity index (χ1) is 14.9. The monoisotopic (exact) mass is 421 g/mol. The van der Waals surface area contributed by atoms with Gasteiger partial charge in [0.2, 0.25) is 5.89 Å². The number of hydrogen-bond donors (Lipinski definition) is 0. The summed E-state index contributed by atoms with van der Waals surface area (Å²) in [7, 11) is 0. The van der Waals surface area contributed by atoms with E-state index < -0.39 is 0 Å². The lowest BCUT2D eigenvalue weighted by Crippen LogP contribution is -2.24. The van der Waals surface area contributed by atoms with Crippen LogP contribution in [0.3, 0.4) is 0 Å². The number of fused-ring (bicyclic) bond motifs is 1. The molecule has 0 radical (unpaired) electrons. The Morgan fingerprint density at radius 1 is 1.10 bits per heavy atom. The second kappa shape index (κ2) is 8.89. The zero-order valence-corrected chi connectivity index (χ0v) is 18.3. The quantitative estimate of drug-likeness (QED) is 0.358. The lowest BCUT2D eigenvalue weighted by Gasteiger charge is -2.21. The maximum atomic E-state index is 12.2. The third-order valence-electron chi connectivity index (χ3n) is 5.33. The smallest absolute Gasteiger partial charge is 0.336 e. The minimum Gasteiger partial charge on any atom is -0.459 e. The average molecular weight is 421 g/mol. The van der Waals surface area contributed by atoms with Gasteiger partial charge in [0.1, 0.15) is 5.58 Å². The van der Waals surface area contributed by atoms with Gasteiger partial charge in [-0.25, -0.2) is 4.79 Å². The van der Waals surface area contributed by atoms with Crippen LogP contribution in [0.1, 0.15) is 55.7 Å². The Kier molecular flexibility index (Phi) is 6.04. The summed E-state index contributed by atoms with van der Waals surface area (Å²) in [6.45, 7) is 10.4. The highest BCUT2D eigenvalue weighted by Crippen LogP contribution is 2.28. The molecule has 0 fully saturated rings. The fourth-order valence-electron chi connectivity index (χ4n) is 3.92. The zero-order valence-electron chi connectivity index (χ0n) is 18.3. The molecule has 0 aliphatic carbocycles. The number of benzene rings is 1. The number of aromatic nitrogens is 2. The van der Waals surface area contributed by atoms with Crippen molar-refractivity contribution in [3.63, 3.8) is 0 Å². The van der Waals surface area contributed by atoms with Gasteiger partial charge in [0.05, 0.1) is 12.8 Å². The molecule has 0 amide bonds. The van der Waals surface area contributed by atoms with Gasteiger partial charge in [0, 0.05) is 18.0 Å². The standard InChI is InChI=1S/C24H27N3O4/c1-5-8-27(14-22-25-26-24(31-22)20-7-6-9-29-20)13-17-11-23(28)30-21-10-16(4)18(15(2)3)12-19(17)21/h6-7,9-12,15H,5,8,13-14H2,1-4H3. The molecule has 3 heterocycles. The molecule has 0 spiro atoms. The van der Waals surface area contributed by atoms with E-state index in [2.05, 4.69) is 48.9 Å². The van der Waals surface area contributed by atoms with Gasteiger partial charge in [-0.15, -0.1) is 10.2 Å². The van der Waals surface area contributed by atoms with Gasteiger partial charge in [-0.05, 0) is 66.8 Å². The van der Waals surface area contributed by atoms with Gasteiger partial charge in [-0.3, -0.25) is 4.90 Å². The zero-order chi connectivity index (χ0) is 22.0. The van der Waals surface area contributed by atoms with Crippen LogP contribution in [0.15, 0.2) is 54.6 Å². The fourth-order valence-corrected chi connectivity index (χ4v) is 3.92. The van der Waals surface area contributed by atoms with Crippen LogP contribution in [0.25, 0.3) is 22.6 Å². The molecule has 31 heavy (non-hydrogen) atoms. The SMILES string of the molecule is CCCN(Cc1nnc(-c2ccco2)o1)Cc1cc(=O)oc2cc(C)c(C(C)C)cc12. The summed E-state index contributed by atoms with van der Waals surface area (Å²) in [5, 5.41) is 9.22. The van der Waals surface area contributed by atoms with Crippen molar-refractivity contribution in [2.45, 2.75) is 53.1 Å². The topological polar surface area (TPSA) is 85.5 Å². The number of nitrogens with zero attached hydrogens (tertiary/aromatic N) is 3. The Labute approximate surface area is 180 Å². The molecular weight excluding hydrogens is 394 g/mol. The molecule has 0 N–H and O–H groups in total. The molecule has 4 rings (SSSR count). The van der Waals surface area contributed by atoms with Crippen LogP contribution in [0, 0.1) is 6.92 Å². The first-order valence-electron chi connectivity index (χ1n) is 10.6. The Morgan fingerprint density at radius 2 is 1.94 bits per heavy atom. The van der Waals surface area contributed by atoms with Crippen molar-refractivity contribution < 1.29 is 13.3 Å². The Balaban J connectivity index is 1.64. The van der Waals surface area contributed by atoms with Crippen molar-refractivity contribution in [3.05, 3.63) is 69.6 Å². The van der Waals surface area contributed by atoms with Crippen molar-refractivity contribution in [2.24, 2.45) is 0 Å². The van der Waals surface area contributed by atoms with Crippen molar-refractivity contribution in [2.75, 3.05) is 6.54 Å². The fraction of sp³-hybridized carbons (Fsp3) is 0.375. The molecule has 7 nitrogen and oxygen atoms in total. The summed E-state index contributed by atoms with van der Waals surface area (Å²) < 4.78 is 16.6. The molecule has 4 aromatic rings. The lowest BCUT2D eigenvalue weighted by molar-refractivity contribution is 0.232. The first-order valence-corrected chi connectivity index (χ1v) is 10.6. The van der Waals surface area contributed by atoms with Crippen molar-refractivity contribution in [1.29, 1.82) is 0 Å². The van der Waals surface area contributed by atoms with Crippen LogP contribution in [0.5, 0.6) is 0 Å². The molecule has 0 unspecified atom stereocenters. The molecule has 0 aliphatic rings. The van der Waals surface area contributed by atoms with Crippen molar-refractivity contribution in [1.82, 2.24) is 15.1 Å². The molecule has 0 atom stereocenters. The molecule has 0 saturated carbocycles. The molecule has 1 aromatic carbocycles. The molecule has 7 heteroatoms. The van der Waals surface area contributed by atoms with E-state index in [1.807, 2.05) is 6.07 Å². The van der Waals surface area contributed by atoms with E-state index >= 15 is 0 Å². The van der Waals surface area contributed by atoms with Gasteiger partial charge in [0.15, 0.2) is 5.76 Å². The normalized spacial score (nSPS) is 11.8. The highest BCUT2D eigenvalue weighted by atomic mass is 16.4. The molecule has 162 valence electrons. The maximum absolute atomic E-state index is 12.2. The van der Waals surface area contributed by atoms with E-state index in [9.17, 15) is 4.79 Å². The maximum Gasteiger partial charge on any atom is 0.336 e. The minimum absolute atomic E-state index is 0.339. The summed E-state index contributed by atoms with van der Waals surface area (Å²) in [6.07, 6.45) is 2.52. The summed E-state index contributed by atoms with van der Waals surface area (Å²) >= 11 is 0. The average Bonchev–Trinajstić information content (AvgIpc) is 3.39. The van der Waals surface area contributed by atoms with Gasteiger partial charge < -0.3 is 13.3 Å². The van der Waals surface area contributed by atoms with Crippen LogP contribution in [0.4, 0.5) is 0 Å². The number of aryl methyl sites for hydroxylation is 1. The molecule has 3 aromatic heterocycles. The predicted molar refractivity (Wildman–Crippen MR) is 118 cm³/mol. The molecule has 0 aliphatic heterocycles. The van der Waals surface area contributed by atoms with Gasteiger partial charge in [0.25, 0.3) is 5.89 Å². The summed E-state index contributed by atoms with van der Waals surface area (Å²) in [5.74, 6) is 1.79. The van der Waals surface area contributed by atoms with E-state index in [4.69, 9.17) is 13.3 Å². The summed E-state index contributed by atoms with van der Waals surface area (Å²) in [5.41, 5.74) is 3.61. The van der Waals surface area contributed by atoms with Gasteiger partial charge in [-0.2, -0.15) is 0 Å². The highest BCUT2D eigenvalue weighted by molar-refractivity contribution is 5.82. The molecular formula is C24H27N3O4. The number of rotatable bonds is 8. The third kappa shape index (κ3) is 4.61. The first kappa shape index (κ1) is 21.1. The minimum atomic E-state index is -0.339. The Bertz CT molecular complexity index is 1220. The van der Waals surface area contributed by atoms with Crippen LogP contribution in [-0.2, 0) is 13.1 Å². The second-order valence-electron chi connectivity index (χ2n) is 8.14. The van der Waals surface area contributed by atoms with E-state index in [1.54, 1.807) is 24.5 Å². The van der Waals surface area contributed by atoms with Crippen LogP contribution < -0.4 is 5.63 Å².